The highest BCUT2D eigenvalue weighted by molar-refractivity contribution is 6.31. The van der Waals surface area contributed by atoms with E-state index in [1.165, 1.54) is 18.1 Å². The molecule has 11 heteroatoms. The number of esters is 1. The number of hydrogen-bond donors (Lipinski definition) is 1. The average Bonchev–Trinajstić information content (AvgIpc) is 3.50. The van der Waals surface area contributed by atoms with E-state index in [2.05, 4.69) is 11.1 Å². The Hall–Kier alpha value is -4.46. The third-order valence-corrected chi connectivity index (χ3v) is 7.39. The van der Waals surface area contributed by atoms with Gasteiger partial charge in [-0.1, -0.05) is 29.8 Å². The molecule has 0 amide bonds. The van der Waals surface area contributed by atoms with Gasteiger partial charge in [-0.15, -0.1) is 0 Å². The lowest BCUT2D eigenvalue weighted by Gasteiger charge is -2.32. The molecule has 0 radical (unpaired) electrons. The summed E-state index contributed by atoms with van der Waals surface area (Å²) in [4.78, 5) is 23.1. The van der Waals surface area contributed by atoms with Crippen molar-refractivity contribution in [3.63, 3.8) is 0 Å². The molecule has 9 nitrogen and oxygen atoms in total. The molecule has 0 fully saturated rings. The second-order valence-electron chi connectivity index (χ2n) is 10.0. The Balaban J connectivity index is 1.74. The number of nitrogens with zero attached hydrogens (tertiary/aromatic N) is 5. The molecule has 0 saturated carbocycles. The van der Waals surface area contributed by atoms with Gasteiger partial charge in [0.15, 0.2) is 12.0 Å². The molecule has 1 aliphatic heterocycles. The minimum absolute atomic E-state index is 0.0122. The van der Waals surface area contributed by atoms with Crippen LogP contribution in [0.4, 0.5) is 10.1 Å². The molecule has 3 heterocycles. The number of aliphatic hydroxyl groups is 1. The molecule has 0 saturated heterocycles. The third kappa shape index (κ3) is 5.06. The highest BCUT2D eigenvalue weighted by Gasteiger charge is 2.45. The van der Waals surface area contributed by atoms with Crippen molar-refractivity contribution in [3.05, 3.63) is 93.6 Å². The lowest BCUT2D eigenvalue weighted by molar-refractivity contribution is -0.142. The normalized spacial score (nSPS) is 15.9. The van der Waals surface area contributed by atoms with E-state index in [4.69, 9.17) is 26.1 Å². The van der Waals surface area contributed by atoms with Crippen LogP contribution >= 0.6 is 11.6 Å². The number of rotatable bonds is 8. The molecule has 2 unspecified atom stereocenters. The van der Waals surface area contributed by atoms with Crippen LogP contribution in [0.15, 0.2) is 54.7 Å². The molecule has 2 atom stereocenters. The van der Waals surface area contributed by atoms with Crippen molar-refractivity contribution in [2.45, 2.75) is 45.5 Å². The fourth-order valence-corrected chi connectivity index (χ4v) is 5.53. The van der Waals surface area contributed by atoms with E-state index in [1.807, 2.05) is 18.4 Å². The summed E-state index contributed by atoms with van der Waals surface area (Å²) in [6.45, 7) is 5.94. The van der Waals surface area contributed by atoms with Crippen LogP contribution < -0.4 is 9.64 Å². The van der Waals surface area contributed by atoms with E-state index in [-0.39, 0.29) is 41.6 Å². The molecule has 0 bridgehead atoms. The van der Waals surface area contributed by atoms with Gasteiger partial charge in [-0.05, 0) is 62.2 Å². The van der Waals surface area contributed by atoms with Crippen LogP contribution in [0.1, 0.15) is 67.2 Å². The smallest absolute Gasteiger partial charge is 0.310 e. The van der Waals surface area contributed by atoms with Crippen LogP contribution in [0, 0.1) is 17.1 Å². The van der Waals surface area contributed by atoms with Crippen molar-refractivity contribution >= 4 is 23.3 Å². The van der Waals surface area contributed by atoms with E-state index in [1.54, 1.807) is 55.6 Å². The highest BCUT2D eigenvalue weighted by atomic mass is 35.5. The largest absolute Gasteiger partial charge is 0.480 e. The van der Waals surface area contributed by atoms with Crippen molar-refractivity contribution in [2.75, 3.05) is 18.6 Å². The Morgan fingerprint density at radius 2 is 1.98 bits per heavy atom. The SMILES string of the molecule is CCOC(=O)Cc1cnc(OC)c(-c2nc3c(n2C(C)C)C(c2ccc(C#N)cc2)N(c2cccc(Cl)c2F)C3O)c1. The van der Waals surface area contributed by atoms with E-state index in [9.17, 15) is 15.2 Å². The van der Waals surface area contributed by atoms with Crippen LogP contribution in [0.25, 0.3) is 11.4 Å². The van der Waals surface area contributed by atoms with Gasteiger partial charge >= 0.3 is 5.97 Å². The van der Waals surface area contributed by atoms with Gasteiger partial charge in [0, 0.05) is 12.2 Å². The first-order chi connectivity index (χ1) is 20.2. The van der Waals surface area contributed by atoms with Crippen LogP contribution in [0.5, 0.6) is 5.88 Å². The van der Waals surface area contributed by atoms with Crippen molar-refractivity contribution in [1.82, 2.24) is 14.5 Å². The number of methoxy groups -OCH3 is 1. The summed E-state index contributed by atoms with van der Waals surface area (Å²) in [6.07, 6.45) is 0.223. The molecule has 0 aliphatic carbocycles. The van der Waals surface area contributed by atoms with E-state index in [0.29, 0.717) is 39.5 Å². The summed E-state index contributed by atoms with van der Waals surface area (Å²) < 4.78 is 28.1. The number of carbonyl (C=O) groups excluding carboxylic acids is 1. The molecule has 2 aromatic heterocycles. The zero-order valence-corrected chi connectivity index (χ0v) is 24.3. The molecule has 216 valence electrons. The number of benzene rings is 2. The number of aromatic nitrogens is 3. The number of carbonyl (C=O) groups is 1. The topological polar surface area (TPSA) is 114 Å². The predicted molar refractivity (Wildman–Crippen MR) is 155 cm³/mol. The first-order valence-electron chi connectivity index (χ1n) is 13.4. The Kier molecular flexibility index (Phi) is 8.16. The molecular formula is C31H29ClFN5O4. The second-order valence-corrected chi connectivity index (χ2v) is 10.4. The van der Waals surface area contributed by atoms with Gasteiger partial charge in [-0.3, -0.25) is 4.79 Å². The van der Waals surface area contributed by atoms with Gasteiger partial charge < -0.3 is 24.0 Å². The quantitative estimate of drug-likeness (QED) is 0.253. The van der Waals surface area contributed by atoms with E-state index in [0.717, 1.165) is 0 Å². The maximum Gasteiger partial charge on any atom is 0.310 e. The summed E-state index contributed by atoms with van der Waals surface area (Å²) in [6, 6.07) is 14.5. The maximum absolute atomic E-state index is 15.5. The summed E-state index contributed by atoms with van der Waals surface area (Å²) >= 11 is 6.16. The second kappa shape index (κ2) is 11.8. The molecule has 1 aliphatic rings. The van der Waals surface area contributed by atoms with Crippen LogP contribution in [-0.2, 0) is 16.0 Å². The molecule has 2 aromatic carbocycles. The molecule has 5 rings (SSSR count). The fraction of sp³-hybridized carbons (Fsp3) is 0.290. The number of halogens is 2. The monoisotopic (exact) mass is 589 g/mol. The number of nitriles is 1. The number of pyridine rings is 1. The van der Waals surface area contributed by atoms with Crippen molar-refractivity contribution in [3.8, 4) is 23.3 Å². The number of imidazole rings is 1. The van der Waals surface area contributed by atoms with E-state index < -0.39 is 18.1 Å². The molecule has 0 spiro atoms. The third-order valence-electron chi connectivity index (χ3n) is 7.10. The van der Waals surface area contributed by atoms with Gasteiger partial charge in [0.05, 0.1) is 59.8 Å². The molecule has 4 aromatic rings. The standard InChI is InChI=1S/C31H29ClFN5O4/c1-5-42-24(39)14-19-13-21(30(41-4)35-16-19)29-36-26-28(37(29)17(2)3)27(20-11-9-18(15-34)10-12-20)38(31(26)40)23-8-6-7-22(32)25(23)33/h6-13,16-17,27,31,40H,5,14H2,1-4H3. The van der Waals surface area contributed by atoms with Gasteiger partial charge in [0.1, 0.15) is 11.5 Å². The van der Waals surface area contributed by atoms with Crippen molar-refractivity contribution in [2.24, 2.45) is 0 Å². The fourth-order valence-electron chi connectivity index (χ4n) is 5.36. The highest BCUT2D eigenvalue weighted by Crippen LogP contribution is 2.50. The summed E-state index contributed by atoms with van der Waals surface area (Å²) in [7, 11) is 1.49. The summed E-state index contributed by atoms with van der Waals surface area (Å²) in [5.41, 5.74) is 3.36. The lowest BCUT2D eigenvalue weighted by atomic mass is 10.0. The Labute approximate surface area is 247 Å². The maximum atomic E-state index is 15.5. The van der Waals surface area contributed by atoms with Gasteiger partial charge in [-0.25, -0.2) is 14.4 Å². The first kappa shape index (κ1) is 29.0. The number of aliphatic hydroxyl groups excluding tert-OH is 1. The van der Waals surface area contributed by atoms with Crippen molar-refractivity contribution < 1.29 is 23.8 Å². The first-order valence-corrected chi connectivity index (χ1v) is 13.8. The van der Waals surface area contributed by atoms with Crippen LogP contribution in [-0.4, -0.2) is 39.3 Å². The van der Waals surface area contributed by atoms with Gasteiger partial charge in [0.25, 0.3) is 0 Å². The minimum Gasteiger partial charge on any atom is -0.480 e. The van der Waals surface area contributed by atoms with Crippen LogP contribution in [0.3, 0.4) is 0 Å². The zero-order valence-electron chi connectivity index (χ0n) is 23.5. The summed E-state index contributed by atoms with van der Waals surface area (Å²) in [5, 5.41) is 21.0. The van der Waals surface area contributed by atoms with Crippen LogP contribution in [0.2, 0.25) is 5.02 Å². The zero-order chi connectivity index (χ0) is 30.1. The number of fused-ring (bicyclic) bond motifs is 1. The Morgan fingerprint density at radius 3 is 2.62 bits per heavy atom. The van der Waals surface area contributed by atoms with Gasteiger partial charge in [0.2, 0.25) is 5.88 Å². The summed E-state index contributed by atoms with van der Waals surface area (Å²) in [5.74, 6) is -0.305. The number of anilines is 1. The Morgan fingerprint density at radius 1 is 1.24 bits per heavy atom. The average molecular weight is 590 g/mol. The molecule has 1 N–H and O–H groups in total. The number of ether oxygens (including phenoxy) is 2. The number of hydrogen-bond acceptors (Lipinski definition) is 8. The van der Waals surface area contributed by atoms with Crippen molar-refractivity contribution in [1.29, 1.82) is 5.26 Å². The van der Waals surface area contributed by atoms with E-state index >= 15 is 4.39 Å². The molecule has 42 heavy (non-hydrogen) atoms. The Bertz CT molecular complexity index is 1680. The van der Waals surface area contributed by atoms with Gasteiger partial charge in [-0.2, -0.15) is 5.26 Å². The predicted octanol–water partition coefficient (Wildman–Crippen LogP) is 5.90. The molecular weight excluding hydrogens is 561 g/mol. The minimum atomic E-state index is -1.34. The lowest BCUT2D eigenvalue weighted by Crippen LogP contribution is -2.29.